The van der Waals surface area contributed by atoms with Crippen LogP contribution in [0.25, 0.3) is 0 Å². The molecule has 0 radical (unpaired) electrons. The fraction of sp³-hybridized carbons (Fsp3) is 0.640. The lowest BCUT2D eigenvalue weighted by Crippen LogP contribution is -2.62. The van der Waals surface area contributed by atoms with Crippen molar-refractivity contribution in [3.05, 3.63) is 35.9 Å². The van der Waals surface area contributed by atoms with Crippen LogP contribution in [0.1, 0.15) is 44.6 Å². The van der Waals surface area contributed by atoms with Gasteiger partial charge < -0.3 is 24.4 Å². The van der Waals surface area contributed by atoms with Crippen LogP contribution >= 0.6 is 0 Å². The molecule has 4 aliphatic rings. The second-order valence-electron chi connectivity index (χ2n) is 10.1. The van der Waals surface area contributed by atoms with E-state index in [0.717, 1.165) is 24.8 Å². The summed E-state index contributed by atoms with van der Waals surface area (Å²) in [6.45, 7) is 3.53. The largest absolute Gasteiger partial charge is 0.445 e. The molecule has 184 valence electrons. The van der Waals surface area contributed by atoms with Crippen LogP contribution in [0.3, 0.4) is 0 Å². The highest BCUT2D eigenvalue weighted by molar-refractivity contribution is 5.87. The Bertz CT molecular complexity index is 936. The van der Waals surface area contributed by atoms with E-state index < -0.39 is 24.5 Å². The van der Waals surface area contributed by atoms with Crippen molar-refractivity contribution in [1.82, 2.24) is 14.7 Å². The topological polar surface area (TPSA) is 99.6 Å². The van der Waals surface area contributed by atoms with Gasteiger partial charge in [-0.25, -0.2) is 4.79 Å². The van der Waals surface area contributed by atoms with Gasteiger partial charge in [-0.2, -0.15) is 0 Å². The molecule has 1 spiro atoms. The van der Waals surface area contributed by atoms with Gasteiger partial charge in [0, 0.05) is 19.5 Å². The first-order chi connectivity index (χ1) is 16.4. The molecule has 4 atom stereocenters. The van der Waals surface area contributed by atoms with E-state index in [4.69, 9.17) is 9.47 Å². The Kier molecular flexibility index (Phi) is 6.24. The molecule has 0 unspecified atom stereocenters. The number of likely N-dealkylation sites (tertiary alicyclic amines) is 1. The van der Waals surface area contributed by atoms with Gasteiger partial charge in [0.2, 0.25) is 11.8 Å². The van der Waals surface area contributed by atoms with Gasteiger partial charge in [-0.1, -0.05) is 30.3 Å². The van der Waals surface area contributed by atoms with E-state index in [0.29, 0.717) is 32.5 Å². The number of fused-ring (bicyclic) bond motifs is 1. The molecule has 3 saturated heterocycles. The maximum absolute atomic E-state index is 13.1. The fourth-order valence-corrected chi connectivity index (χ4v) is 5.45. The van der Waals surface area contributed by atoms with Crippen molar-refractivity contribution >= 4 is 17.9 Å². The minimum atomic E-state index is -0.661. The summed E-state index contributed by atoms with van der Waals surface area (Å²) in [5.74, 6) is -0.173. The van der Waals surface area contributed by atoms with Crippen LogP contribution in [0, 0.1) is 5.41 Å². The first-order valence-corrected chi connectivity index (χ1v) is 12.2. The highest BCUT2D eigenvalue weighted by Crippen LogP contribution is 2.53. The highest BCUT2D eigenvalue weighted by atomic mass is 16.6. The molecule has 5 rings (SSSR count). The highest BCUT2D eigenvalue weighted by Gasteiger charge is 2.52. The normalized spacial score (nSPS) is 29.8. The number of nitrogens with zero attached hydrogens (tertiary/aromatic N) is 3. The van der Waals surface area contributed by atoms with E-state index in [1.54, 1.807) is 16.7 Å². The van der Waals surface area contributed by atoms with Crippen LogP contribution in [-0.2, 0) is 25.7 Å². The second kappa shape index (κ2) is 9.19. The lowest BCUT2D eigenvalue weighted by atomic mass is 9.90. The maximum atomic E-state index is 13.1. The minimum absolute atomic E-state index is 0.0154. The van der Waals surface area contributed by atoms with Crippen LogP contribution < -0.4 is 0 Å². The van der Waals surface area contributed by atoms with Gasteiger partial charge >= 0.3 is 6.09 Å². The lowest BCUT2D eigenvalue weighted by molar-refractivity contribution is -0.152. The van der Waals surface area contributed by atoms with Crippen LogP contribution in [0.4, 0.5) is 4.79 Å². The molecule has 1 saturated carbocycles. The van der Waals surface area contributed by atoms with Gasteiger partial charge in [0.25, 0.3) is 0 Å². The summed E-state index contributed by atoms with van der Waals surface area (Å²) < 4.78 is 11.3. The van der Waals surface area contributed by atoms with Crippen LogP contribution in [-0.4, -0.2) is 88.4 Å². The number of aliphatic hydroxyl groups excluding tert-OH is 1. The van der Waals surface area contributed by atoms with Crippen molar-refractivity contribution < 1.29 is 29.0 Å². The third-order valence-electron chi connectivity index (χ3n) is 7.97. The number of hydrogen-bond acceptors (Lipinski definition) is 6. The van der Waals surface area contributed by atoms with Crippen molar-refractivity contribution in [3.8, 4) is 0 Å². The standard InChI is InChI=1S/C25H33N3O6/c1-17-23(31)28-19(7-8-21(30)26-12-11-25(9-10-25)20(29)13-26)16-33-22(28)14-27(17)24(32)34-15-18-5-3-2-4-6-18/h2-6,17,19-20,22,29H,7-16H2,1H3/t17-,19-,20+,22-/m0/s1. The van der Waals surface area contributed by atoms with Crippen molar-refractivity contribution in [2.24, 2.45) is 5.41 Å². The first kappa shape index (κ1) is 23.1. The monoisotopic (exact) mass is 471 g/mol. The van der Waals surface area contributed by atoms with Gasteiger partial charge in [-0.05, 0) is 43.6 Å². The number of carbonyl (C=O) groups excluding carboxylic acids is 3. The molecule has 1 aromatic rings. The third-order valence-corrected chi connectivity index (χ3v) is 7.97. The molecule has 1 aromatic carbocycles. The molecule has 34 heavy (non-hydrogen) atoms. The maximum Gasteiger partial charge on any atom is 0.410 e. The predicted octanol–water partition coefficient (Wildman–Crippen LogP) is 1.73. The van der Waals surface area contributed by atoms with Crippen molar-refractivity contribution in [1.29, 1.82) is 0 Å². The Morgan fingerprint density at radius 2 is 1.94 bits per heavy atom. The van der Waals surface area contributed by atoms with E-state index >= 15 is 0 Å². The number of β-amino-alcohol motifs (C(OH)–C–C–N with tert-alkyl or cyclic N) is 1. The summed E-state index contributed by atoms with van der Waals surface area (Å²) in [4.78, 5) is 43.5. The molecular weight excluding hydrogens is 438 g/mol. The predicted molar refractivity (Wildman–Crippen MR) is 121 cm³/mol. The Morgan fingerprint density at radius 3 is 2.65 bits per heavy atom. The molecule has 3 heterocycles. The zero-order chi connectivity index (χ0) is 23.9. The molecule has 0 aromatic heterocycles. The SMILES string of the molecule is C[C@H]1C(=O)N2[C@@H](CCC(=O)N3CCC4(CC4)[C@H](O)C3)CO[C@H]2CN1C(=O)OCc1ccccc1. The number of ether oxygens (including phenoxy) is 2. The second-order valence-corrected chi connectivity index (χ2v) is 10.1. The Balaban J connectivity index is 1.13. The van der Waals surface area contributed by atoms with Crippen LogP contribution in [0.15, 0.2) is 30.3 Å². The van der Waals surface area contributed by atoms with E-state index in [9.17, 15) is 19.5 Å². The molecule has 0 bridgehead atoms. The smallest absolute Gasteiger partial charge is 0.410 e. The molecule has 1 aliphatic carbocycles. The van der Waals surface area contributed by atoms with Crippen molar-refractivity contribution in [2.45, 2.75) is 70.1 Å². The van der Waals surface area contributed by atoms with Gasteiger partial charge in [-0.3, -0.25) is 14.5 Å². The van der Waals surface area contributed by atoms with Crippen molar-refractivity contribution in [3.63, 3.8) is 0 Å². The number of rotatable bonds is 5. The van der Waals surface area contributed by atoms with E-state index in [1.165, 1.54) is 4.90 Å². The van der Waals surface area contributed by atoms with Gasteiger partial charge in [-0.15, -0.1) is 0 Å². The van der Waals surface area contributed by atoms with Gasteiger partial charge in [0.05, 0.1) is 25.3 Å². The minimum Gasteiger partial charge on any atom is -0.445 e. The number of piperazine rings is 1. The first-order valence-electron chi connectivity index (χ1n) is 12.2. The zero-order valence-electron chi connectivity index (χ0n) is 19.6. The summed E-state index contributed by atoms with van der Waals surface area (Å²) in [6, 6.07) is 8.54. The summed E-state index contributed by atoms with van der Waals surface area (Å²) in [5, 5.41) is 10.4. The molecule has 4 fully saturated rings. The Morgan fingerprint density at radius 1 is 1.18 bits per heavy atom. The molecule has 1 N–H and O–H groups in total. The lowest BCUT2D eigenvalue weighted by Gasteiger charge is -2.41. The molecule has 3 aliphatic heterocycles. The number of benzene rings is 1. The number of amides is 3. The summed E-state index contributed by atoms with van der Waals surface area (Å²) in [6.07, 6.45) is 2.30. The van der Waals surface area contributed by atoms with Gasteiger partial charge in [0.15, 0.2) is 6.23 Å². The fourth-order valence-electron chi connectivity index (χ4n) is 5.45. The molecule has 3 amide bonds. The number of carbonyl (C=O) groups is 3. The quantitative estimate of drug-likeness (QED) is 0.702. The zero-order valence-corrected chi connectivity index (χ0v) is 19.6. The third kappa shape index (κ3) is 4.38. The number of aliphatic hydroxyl groups is 1. The van der Waals surface area contributed by atoms with E-state index in [1.807, 2.05) is 30.3 Å². The summed E-state index contributed by atoms with van der Waals surface area (Å²) >= 11 is 0. The Hall–Kier alpha value is -2.65. The van der Waals surface area contributed by atoms with E-state index in [-0.39, 0.29) is 36.4 Å². The summed E-state index contributed by atoms with van der Waals surface area (Å²) in [5.41, 5.74) is 0.942. The average molecular weight is 472 g/mol. The van der Waals surface area contributed by atoms with E-state index in [2.05, 4.69) is 0 Å². The van der Waals surface area contributed by atoms with Crippen LogP contribution in [0.2, 0.25) is 0 Å². The number of piperidine rings is 1. The van der Waals surface area contributed by atoms with Gasteiger partial charge in [0.1, 0.15) is 12.6 Å². The molecule has 9 heteroatoms. The Labute approximate surface area is 199 Å². The van der Waals surface area contributed by atoms with Crippen LogP contribution in [0.5, 0.6) is 0 Å². The molecular formula is C25H33N3O6. The molecule has 9 nitrogen and oxygen atoms in total. The summed E-state index contributed by atoms with van der Waals surface area (Å²) in [7, 11) is 0. The number of hydrogen-bond donors (Lipinski definition) is 1. The average Bonchev–Trinajstić information content (AvgIpc) is 3.51. The van der Waals surface area contributed by atoms with Crippen molar-refractivity contribution in [2.75, 3.05) is 26.2 Å².